The van der Waals surface area contributed by atoms with E-state index in [2.05, 4.69) is 37.3 Å². The molecular weight excluding hydrogens is 208 g/mol. The monoisotopic (exact) mass is 233 g/mol. The highest BCUT2D eigenvalue weighted by Gasteiger charge is 1.94. The molecule has 0 heterocycles. The van der Waals surface area contributed by atoms with Crippen molar-refractivity contribution in [1.29, 1.82) is 0 Å². The molecule has 0 N–H and O–H groups in total. The fourth-order valence-corrected chi connectivity index (χ4v) is 1.80. The second-order valence-electron chi connectivity index (χ2n) is 4.48. The molecule has 0 spiro atoms. The van der Waals surface area contributed by atoms with E-state index in [1.165, 1.54) is 44.1 Å². The SMILES string of the molecule is CCCCCO[CH]CCCCc1ccccc1. The molecule has 95 valence electrons. The van der Waals surface area contributed by atoms with Gasteiger partial charge < -0.3 is 4.74 Å². The summed E-state index contributed by atoms with van der Waals surface area (Å²) in [5.41, 5.74) is 1.44. The highest BCUT2D eigenvalue weighted by Crippen LogP contribution is 2.07. The van der Waals surface area contributed by atoms with Crippen molar-refractivity contribution in [2.75, 3.05) is 6.61 Å². The van der Waals surface area contributed by atoms with E-state index in [9.17, 15) is 0 Å². The van der Waals surface area contributed by atoms with E-state index >= 15 is 0 Å². The van der Waals surface area contributed by atoms with Crippen LogP contribution in [0.3, 0.4) is 0 Å². The average Bonchev–Trinajstić information content (AvgIpc) is 2.38. The predicted molar refractivity (Wildman–Crippen MR) is 73.8 cm³/mol. The zero-order chi connectivity index (χ0) is 12.2. The third-order valence-electron chi connectivity index (χ3n) is 2.86. The summed E-state index contributed by atoms with van der Waals surface area (Å²) in [7, 11) is 0. The Labute approximate surface area is 106 Å². The molecule has 0 fully saturated rings. The van der Waals surface area contributed by atoms with Crippen LogP contribution in [-0.4, -0.2) is 6.61 Å². The van der Waals surface area contributed by atoms with Crippen molar-refractivity contribution in [3.63, 3.8) is 0 Å². The van der Waals surface area contributed by atoms with E-state index in [4.69, 9.17) is 4.74 Å². The quantitative estimate of drug-likeness (QED) is 0.529. The summed E-state index contributed by atoms with van der Waals surface area (Å²) in [6, 6.07) is 10.7. The molecular formula is C16H25O. The lowest BCUT2D eigenvalue weighted by Gasteiger charge is -2.03. The zero-order valence-electron chi connectivity index (χ0n) is 11.0. The molecule has 1 heteroatoms. The topological polar surface area (TPSA) is 9.23 Å². The van der Waals surface area contributed by atoms with E-state index in [1.807, 2.05) is 6.61 Å². The lowest BCUT2D eigenvalue weighted by Crippen LogP contribution is -1.92. The molecule has 17 heavy (non-hydrogen) atoms. The lowest BCUT2D eigenvalue weighted by molar-refractivity contribution is 0.184. The summed E-state index contributed by atoms with van der Waals surface area (Å²) >= 11 is 0. The number of hydrogen-bond donors (Lipinski definition) is 0. The molecule has 0 unspecified atom stereocenters. The number of benzene rings is 1. The van der Waals surface area contributed by atoms with Gasteiger partial charge in [0, 0.05) is 6.61 Å². The van der Waals surface area contributed by atoms with Gasteiger partial charge in [0.1, 0.15) is 0 Å². The molecule has 0 aliphatic carbocycles. The molecule has 0 aromatic heterocycles. The molecule has 0 aliphatic heterocycles. The smallest absolute Gasteiger partial charge is 0.0836 e. The van der Waals surface area contributed by atoms with Gasteiger partial charge in [-0.25, -0.2) is 0 Å². The van der Waals surface area contributed by atoms with Crippen molar-refractivity contribution in [2.24, 2.45) is 0 Å². The molecule has 1 radical (unpaired) electrons. The van der Waals surface area contributed by atoms with Crippen LogP contribution in [0.5, 0.6) is 0 Å². The van der Waals surface area contributed by atoms with Crippen LogP contribution in [0.25, 0.3) is 0 Å². The minimum atomic E-state index is 0.895. The van der Waals surface area contributed by atoms with E-state index in [0.29, 0.717) is 0 Å². The van der Waals surface area contributed by atoms with Gasteiger partial charge in [0.05, 0.1) is 6.61 Å². The van der Waals surface area contributed by atoms with E-state index < -0.39 is 0 Å². The molecule has 1 aromatic carbocycles. The second kappa shape index (κ2) is 10.3. The minimum absolute atomic E-state index is 0.895. The van der Waals surface area contributed by atoms with Crippen molar-refractivity contribution < 1.29 is 4.74 Å². The van der Waals surface area contributed by atoms with Crippen LogP contribution in [0.4, 0.5) is 0 Å². The Kier molecular flexibility index (Phi) is 8.66. The summed E-state index contributed by atoms with van der Waals surface area (Å²) < 4.78 is 5.46. The fraction of sp³-hybridized carbons (Fsp3) is 0.562. The third-order valence-corrected chi connectivity index (χ3v) is 2.86. The van der Waals surface area contributed by atoms with Gasteiger partial charge in [-0.05, 0) is 31.2 Å². The Morgan fingerprint density at radius 1 is 1.00 bits per heavy atom. The standard InChI is InChI=1S/C16H25O/c1-2-3-9-14-17-15-10-5-8-13-16-11-6-4-7-12-16/h4,6-7,11-12,15H,2-3,5,8-10,13-14H2,1H3. The predicted octanol–water partition coefficient (Wildman–Crippen LogP) is 4.77. The first kappa shape index (κ1) is 14.2. The van der Waals surface area contributed by atoms with Crippen LogP contribution >= 0.6 is 0 Å². The molecule has 1 nitrogen and oxygen atoms in total. The maximum absolute atomic E-state index is 5.46. The van der Waals surface area contributed by atoms with Gasteiger partial charge in [0.25, 0.3) is 0 Å². The molecule has 0 amide bonds. The van der Waals surface area contributed by atoms with Crippen LogP contribution < -0.4 is 0 Å². The second-order valence-corrected chi connectivity index (χ2v) is 4.48. The maximum atomic E-state index is 5.46. The normalized spacial score (nSPS) is 10.6. The number of aryl methyl sites for hydroxylation is 1. The van der Waals surface area contributed by atoms with Crippen LogP contribution in [-0.2, 0) is 11.2 Å². The zero-order valence-corrected chi connectivity index (χ0v) is 11.0. The Morgan fingerprint density at radius 2 is 1.82 bits per heavy atom. The molecule has 0 saturated heterocycles. The Hall–Kier alpha value is -0.820. The molecule has 0 atom stereocenters. The van der Waals surface area contributed by atoms with E-state index in [-0.39, 0.29) is 0 Å². The average molecular weight is 233 g/mol. The van der Waals surface area contributed by atoms with Crippen LogP contribution in [0.1, 0.15) is 51.0 Å². The number of rotatable bonds is 10. The van der Waals surface area contributed by atoms with Crippen LogP contribution in [0.2, 0.25) is 0 Å². The van der Waals surface area contributed by atoms with Crippen molar-refractivity contribution in [1.82, 2.24) is 0 Å². The molecule has 0 aliphatic rings. The van der Waals surface area contributed by atoms with E-state index in [0.717, 1.165) is 13.0 Å². The summed E-state index contributed by atoms with van der Waals surface area (Å²) in [4.78, 5) is 0. The van der Waals surface area contributed by atoms with Crippen molar-refractivity contribution in [3.05, 3.63) is 42.5 Å². The van der Waals surface area contributed by atoms with Gasteiger partial charge in [-0.1, -0.05) is 56.5 Å². The van der Waals surface area contributed by atoms with Gasteiger partial charge >= 0.3 is 0 Å². The molecule has 1 rings (SSSR count). The number of hydrogen-bond acceptors (Lipinski definition) is 1. The highest BCUT2D eigenvalue weighted by atomic mass is 16.5. The highest BCUT2D eigenvalue weighted by molar-refractivity contribution is 5.14. The van der Waals surface area contributed by atoms with Crippen molar-refractivity contribution in [3.8, 4) is 0 Å². The van der Waals surface area contributed by atoms with Gasteiger partial charge in [0.2, 0.25) is 0 Å². The van der Waals surface area contributed by atoms with Gasteiger partial charge in [-0.2, -0.15) is 0 Å². The van der Waals surface area contributed by atoms with Gasteiger partial charge in [0.15, 0.2) is 0 Å². The summed E-state index contributed by atoms with van der Waals surface area (Å²) in [5.74, 6) is 0. The number of ether oxygens (including phenoxy) is 1. The van der Waals surface area contributed by atoms with Crippen LogP contribution in [0.15, 0.2) is 30.3 Å². The maximum Gasteiger partial charge on any atom is 0.0836 e. The molecule has 0 saturated carbocycles. The summed E-state index contributed by atoms with van der Waals surface area (Å²) in [6.07, 6.45) is 8.48. The van der Waals surface area contributed by atoms with Gasteiger partial charge in [-0.3, -0.25) is 0 Å². The first-order valence-corrected chi connectivity index (χ1v) is 6.90. The third kappa shape index (κ3) is 7.98. The Balaban J connectivity index is 1.85. The Morgan fingerprint density at radius 3 is 2.59 bits per heavy atom. The summed E-state index contributed by atoms with van der Waals surface area (Å²) in [6.45, 7) is 5.10. The van der Waals surface area contributed by atoms with Crippen LogP contribution in [0, 0.1) is 6.61 Å². The molecule has 1 aromatic rings. The van der Waals surface area contributed by atoms with Gasteiger partial charge in [-0.15, -0.1) is 0 Å². The minimum Gasteiger partial charge on any atom is -0.376 e. The fourth-order valence-electron chi connectivity index (χ4n) is 1.80. The van der Waals surface area contributed by atoms with Crippen molar-refractivity contribution >= 4 is 0 Å². The first-order valence-electron chi connectivity index (χ1n) is 6.90. The largest absolute Gasteiger partial charge is 0.376 e. The van der Waals surface area contributed by atoms with E-state index in [1.54, 1.807) is 0 Å². The molecule has 0 bridgehead atoms. The summed E-state index contributed by atoms with van der Waals surface area (Å²) in [5, 5.41) is 0. The lowest BCUT2D eigenvalue weighted by atomic mass is 10.1. The first-order chi connectivity index (χ1) is 8.43. The van der Waals surface area contributed by atoms with Crippen molar-refractivity contribution in [2.45, 2.75) is 51.9 Å². The number of unbranched alkanes of at least 4 members (excludes halogenated alkanes) is 4. The Bertz CT molecular complexity index is 255.